The second-order valence-electron chi connectivity index (χ2n) is 6.07. The number of phenols is 2. The first-order chi connectivity index (χ1) is 12.5. The number of carbonyl (C=O) groups is 1. The van der Waals surface area contributed by atoms with Crippen LogP contribution in [0, 0.1) is 0 Å². The molecule has 1 heterocycles. The maximum absolute atomic E-state index is 11.7. The molecule has 1 atom stereocenters. The largest absolute Gasteiger partial charge is 0.508 e. The molecule has 0 spiro atoms. The third kappa shape index (κ3) is 2.31. The van der Waals surface area contributed by atoms with Crippen LogP contribution in [0.15, 0.2) is 54.6 Å². The van der Waals surface area contributed by atoms with Gasteiger partial charge in [-0.2, -0.15) is 0 Å². The molecule has 4 rings (SSSR count). The number of hydrogen-bond acceptors (Lipinski definition) is 5. The number of benzene rings is 3. The van der Waals surface area contributed by atoms with Crippen molar-refractivity contribution in [2.24, 2.45) is 0 Å². The highest BCUT2D eigenvalue weighted by Crippen LogP contribution is 2.52. The predicted octanol–water partition coefficient (Wildman–Crippen LogP) is 3.66. The molecule has 1 aliphatic rings. The summed E-state index contributed by atoms with van der Waals surface area (Å²) in [5.74, 6) is -1.01. The minimum Gasteiger partial charge on any atom is -0.508 e. The summed E-state index contributed by atoms with van der Waals surface area (Å²) in [6.45, 7) is 0. The van der Waals surface area contributed by atoms with Crippen molar-refractivity contribution in [1.82, 2.24) is 0 Å². The molecule has 0 fully saturated rings. The molecule has 5 N–H and O–H groups in total. The van der Waals surface area contributed by atoms with Gasteiger partial charge < -0.3 is 25.8 Å². The number of nitrogens with two attached hydrogens (primary N) is 1. The summed E-state index contributed by atoms with van der Waals surface area (Å²) in [5.41, 5.74) is 8.13. The number of rotatable bonds is 2. The SMILES string of the molecule is Nc1c(O)ccc2c1Oc1cc(O)ccc1C2c1ccccc1C(=O)O. The van der Waals surface area contributed by atoms with E-state index in [-0.39, 0.29) is 28.5 Å². The van der Waals surface area contributed by atoms with Crippen LogP contribution in [0.1, 0.15) is 33.0 Å². The first kappa shape index (κ1) is 15.8. The highest BCUT2D eigenvalue weighted by Gasteiger charge is 2.33. The van der Waals surface area contributed by atoms with Crippen LogP contribution in [0.2, 0.25) is 0 Å². The lowest BCUT2D eigenvalue weighted by molar-refractivity contribution is 0.0695. The minimum absolute atomic E-state index is 0.0104. The summed E-state index contributed by atoms with van der Waals surface area (Å²) in [5, 5.41) is 29.3. The third-order valence-electron chi connectivity index (χ3n) is 4.54. The lowest BCUT2D eigenvalue weighted by Gasteiger charge is -2.30. The lowest BCUT2D eigenvalue weighted by atomic mass is 9.80. The van der Waals surface area contributed by atoms with Gasteiger partial charge in [0.1, 0.15) is 22.9 Å². The zero-order valence-electron chi connectivity index (χ0n) is 13.5. The molecule has 3 aromatic rings. The summed E-state index contributed by atoms with van der Waals surface area (Å²) in [6.07, 6.45) is 0. The van der Waals surface area contributed by atoms with E-state index in [0.717, 1.165) is 0 Å². The van der Waals surface area contributed by atoms with E-state index in [2.05, 4.69) is 0 Å². The molecule has 6 heteroatoms. The smallest absolute Gasteiger partial charge is 0.335 e. The third-order valence-corrected chi connectivity index (χ3v) is 4.54. The van der Waals surface area contributed by atoms with Gasteiger partial charge in [0.2, 0.25) is 0 Å². The molecule has 0 saturated heterocycles. The Labute approximate surface area is 148 Å². The molecule has 0 radical (unpaired) electrons. The highest BCUT2D eigenvalue weighted by atomic mass is 16.5. The molecular formula is C20H15NO5. The molecule has 1 aliphatic heterocycles. The van der Waals surface area contributed by atoms with Crippen LogP contribution in [-0.4, -0.2) is 21.3 Å². The zero-order chi connectivity index (χ0) is 18.4. The van der Waals surface area contributed by atoms with E-state index in [9.17, 15) is 20.1 Å². The second kappa shape index (κ2) is 5.70. The number of ether oxygens (including phenoxy) is 1. The zero-order valence-corrected chi connectivity index (χ0v) is 13.5. The number of anilines is 1. The van der Waals surface area contributed by atoms with E-state index >= 15 is 0 Å². The van der Waals surface area contributed by atoms with Crippen LogP contribution < -0.4 is 10.5 Å². The van der Waals surface area contributed by atoms with Gasteiger partial charge in [0.15, 0.2) is 5.75 Å². The summed E-state index contributed by atoms with van der Waals surface area (Å²) < 4.78 is 5.83. The quantitative estimate of drug-likeness (QED) is 0.324. The Bertz CT molecular complexity index is 1040. The summed E-state index contributed by atoms with van der Waals surface area (Å²) in [6, 6.07) is 14.5. The Balaban J connectivity index is 2.04. The van der Waals surface area contributed by atoms with Gasteiger partial charge in [0, 0.05) is 23.1 Å². The molecule has 130 valence electrons. The van der Waals surface area contributed by atoms with E-state index in [4.69, 9.17) is 10.5 Å². The first-order valence-electron chi connectivity index (χ1n) is 7.91. The molecule has 0 saturated carbocycles. The second-order valence-corrected chi connectivity index (χ2v) is 6.07. The van der Waals surface area contributed by atoms with Crippen LogP contribution in [0.25, 0.3) is 0 Å². The Morgan fingerprint density at radius 2 is 1.69 bits per heavy atom. The molecule has 26 heavy (non-hydrogen) atoms. The average Bonchev–Trinajstić information content (AvgIpc) is 2.63. The first-order valence-corrected chi connectivity index (χ1v) is 7.91. The van der Waals surface area contributed by atoms with Crippen molar-refractivity contribution in [3.63, 3.8) is 0 Å². The normalized spacial score (nSPS) is 14.8. The monoisotopic (exact) mass is 349 g/mol. The molecule has 3 aromatic carbocycles. The molecule has 1 unspecified atom stereocenters. The topological polar surface area (TPSA) is 113 Å². The number of hydrogen-bond donors (Lipinski definition) is 4. The molecule has 0 aliphatic carbocycles. The highest BCUT2D eigenvalue weighted by molar-refractivity contribution is 5.90. The number of fused-ring (bicyclic) bond motifs is 2. The Kier molecular flexibility index (Phi) is 3.47. The van der Waals surface area contributed by atoms with Crippen molar-refractivity contribution in [2.45, 2.75) is 5.92 Å². The van der Waals surface area contributed by atoms with E-state index < -0.39 is 11.9 Å². The Morgan fingerprint density at radius 1 is 0.962 bits per heavy atom. The van der Waals surface area contributed by atoms with Gasteiger partial charge in [-0.05, 0) is 23.8 Å². The average molecular weight is 349 g/mol. The van der Waals surface area contributed by atoms with Gasteiger partial charge in [-0.25, -0.2) is 4.79 Å². The van der Waals surface area contributed by atoms with Crippen LogP contribution in [0.3, 0.4) is 0 Å². The maximum Gasteiger partial charge on any atom is 0.335 e. The molecule has 0 amide bonds. The number of nitrogen functional groups attached to an aromatic ring is 1. The van der Waals surface area contributed by atoms with Gasteiger partial charge in [-0.15, -0.1) is 0 Å². The van der Waals surface area contributed by atoms with Crippen LogP contribution in [0.4, 0.5) is 5.69 Å². The Morgan fingerprint density at radius 3 is 2.46 bits per heavy atom. The molecule has 6 nitrogen and oxygen atoms in total. The fraction of sp³-hybridized carbons (Fsp3) is 0.0500. The van der Waals surface area contributed by atoms with Gasteiger partial charge >= 0.3 is 5.97 Å². The van der Waals surface area contributed by atoms with Gasteiger partial charge in [-0.3, -0.25) is 0 Å². The number of aromatic carboxylic acids is 1. The fourth-order valence-corrected chi connectivity index (χ4v) is 3.35. The number of phenolic OH excluding ortho intramolecular Hbond substituents is 2. The van der Waals surface area contributed by atoms with Crippen LogP contribution >= 0.6 is 0 Å². The van der Waals surface area contributed by atoms with Crippen LogP contribution in [0.5, 0.6) is 23.0 Å². The Hall–Kier alpha value is -3.67. The molecular weight excluding hydrogens is 334 g/mol. The van der Waals surface area contributed by atoms with Crippen molar-refractivity contribution in [3.05, 3.63) is 76.9 Å². The van der Waals surface area contributed by atoms with Crippen LogP contribution in [-0.2, 0) is 0 Å². The molecule has 0 bridgehead atoms. The molecule has 0 aromatic heterocycles. The standard InChI is InChI=1S/C20H15NO5/c21-18-15(23)8-7-14-17(11-3-1-2-4-12(11)20(24)25)13-6-5-10(22)9-16(13)26-19(14)18/h1-9,17,22-23H,21H2,(H,24,25). The van der Waals surface area contributed by atoms with Crippen molar-refractivity contribution >= 4 is 11.7 Å². The van der Waals surface area contributed by atoms with Crippen molar-refractivity contribution in [1.29, 1.82) is 0 Å². The van der Waals surface area contributed by atoms with Crippen molar-refractivity contribution < 1.29 is 24.9 Å². The number of carboxylic acid groups (broad SMARTS) is 1. The summed E-state index contributed by atoms with van der Waals surface area (Å²) in [7, 11) is 0. The van der Waals surface area contributed by atoms with E-state index in [1.54, 1.807) is 30.3 Å². The van der Waals surface area contributed by atoms with E-state index in [1.807, 2.05) is 0 Å². The maximum atomic E-state index is 11.7. The van der Waals surface area contributed by atoms with Gasteiger partial charge in [0.25, 0.3) is 0 Å². The van der Waals surface area contributed by atoms with Gasteiger partial charge in [0.05, 0.1) is 5.56 Å². The van der Waals surface area contributed by atoms with Crippen molar-refractivity contribution in [3.8, 4) is 23.0 Å². The lowest BCUT2D eigenvalue weighted by Crippen LogP contribution is -2.16. The predicted molar refractivity (Wildman–Crippen MR) is 95.0 cm³/mol. The summed E-state index contributed by atoms with van der Waals surface area (Å²) >= 11 is 0. The summed E-state index contributed by atoms with van der Waals surface area (Å²) in [4.78, 5) is 11.7. The van der Waals surface area contributed by atoms with E-state index in [0.29, 0.717) is 22.4 Å². The fourth-order valence-electron chi connectivity index (χ4n) is 3.35. The van der Waals surface area contributed by atoms with E-state index in [1.165, 1.54) is 24.3 Å². The van der Waals surface area contributed by atoms with Crippen molar-refractivity contribution in [2.75, 3.05) is 5.73 Å². The number of carboxylic acids is 1. The minimum atomic E-state index is -1.04. The van der Waals surface area contributed by atoms with Gasteiger partial charge in [-0.1, -0.05) is 30.3 Å². The number of aromatic hydroxyl groups is 2.